The summed E-state index contributed by atoms with van der Waals surface area (Å²) in [5.74, 6) is 1.10. The van der Waals surface area contributed by atoms with Crippen LogP contribution in [0.15, 0.2) is 4.47 Å². The third kappa shape index (κ3) is 4.13. The molecule has 1 spiro atoms. The number of anilines is 1. The number of nitrogens with zero attached hydrogens (tertiary/aromatic N) is 5. The van der Waals surface area contributed by atoms with Gasteiger partial charge in [-0.25, -0.2) is 4.79 Å². The van der Waals surface area contributed by atoms with Crippen molar-refractivity contribution in [3.8, 4) is 0 Å². The molecule has 0 bridgehead atoms. The molecule has 32 heavy (non-hydrogen) atoms. The Morgan fingerprint density at radius 1 is 1.09 bits per heavy atom. The molecule has 3 fully saturated rings. The Hall–Kier alpha value is -1.77. The van der Waals surface area contributed by atoms with Gasteiger partial charge in [-0.1, -0.05) is 0 Å². The van der Waals surface area contributed by atoms with Crippen LogP contribution in [0.4, 0.5) is 10.6 Å². The van der Waals surface area contributed by atoms with Crippen LogP contribution in [0.2, 0.25) is 0 Å². The second kappa shape index (κ2) is 7.92. The highest BCUT2D eigenvalue weighted by Gasteiger charge is 2.55. The molecular formula is C23H36BrN5O3. The van der Waals surface area contributed by atoms with Gasteiger partial charge in [0.1, 0.15) is 5.60 Å². The van der Waals surface area contributed by atoms with Gasteiger partial charge < -0.3 is 19.4 Å². The van der Waals surface area contributed by atoms with E-state index in [0.29, 0.717) is 19.1 Å². The molecule has 1 aromatic rings. The van der Waals surface area contributed by atoms with Crippen molar-refractivity contribution in [3.63, 3.8) is 0 Å². The van der Waals surface area contributed by atoms with Crippen LogP contribution >= 0.6 is 15.9 Å². The van der Waals surface area contributed by atoms with Crippen LogP contribution < -0.4 is 4.90 Å². The number of carbonyl (C=O) groups is 2. The number of piperazine rings is 1. The van der Waals surface area contributed by atoms with E-state index < -0.39 is 5.60 Å². The summed E-state index contributed by atoms with van der Waals surface area (Å²) >= 11 is 3.80. The van der Waals surface area contributed by atoms with E-state index in [0.717, 1.165) is 41.9 Å². The molecular weight excluding hydrogens is 474 g/mol. The highest BCUT2D eigenvalue weighted by molar-refractivity contribution is 9.10. The molecule has 9 heteroatoms. The molecule has 2 amide bonds. The maximum absolute atomic E-state index is 12.3. The van der Waals surface area contributed by atoms with E-state index in [1.165, 1.54) is 0 Å². The molecule has 0 unspecified atom stereocenters. The number of ether oxygens (including phenoxy) is 1. The average Bonchev–Trinajstić information content (AvgIpc) is 2.86. The second-order valence-corrected chi connectivity index (χ2v) is 11.9. The average molecular weight is 510 g/mol. The molecule has 3 aliphatic rings. The third-order valence-corrected chi connectivity index (χ3v) is 7.98. The smallest absolute Gasteiger partial charge is 0.410 e. The van der Waals surface area contributed by atoms with Crippen LogP contribution in [0.25, 0.3) is 0 Å². The third-order valence-electron chi connectivity index (χ3n) is 7.06. The lowest BCUT2D eigenvalue weighted by molar-refractivity contribution is -0.130. The van der Waals surface area contributed by atoms with Gasteiger partial charge in [0.2, 0.25) is 5.91 Å². The quantitative estimate of drug-likeness (QED) is 0.602. The molecule has 2 saturated heterocycles. The number of likely N-dealkylation sites (tertiary alicyclic amines) is 1. The normalized spacial score (nSPS) is 25.6. The topological polar surface area (TPSA) is 70.9 Å². The molecule has 0 N–H and O–H groups in total. The van der Waals surface area contributed by atoms with E-state index in [2.05, 4.69) is 46.3 Å². The predicted molar refractivity (Wildman–Crippen MR) is 127 cm³/mol. The van der Waals surface area contributed by atoms with Crippen molar-refractivity contribution in [3.05, 3.63) is 10.2 Å². The SMILES string of the molecule is CC(=O)N1C[C@@H](C)N(c2nn(C3CC4(C3)CN(C(=O)OC(C)(C)C)C4)c(C)c2Br)[C@@H](C)C1. The molecule has 8 nitrogen and oxygen atoms in total. The van der Waals surface area contributed by atoms with Gasteiger partial charge in [-0.05, 0) is 70.3 Å². The van der Waals surface area contributed by atoms with E-state index in [1.807, 2.05) is 30.6 Å². The number of rotatable bonds is 2. The van der Waals surface area contributed by atoms with Crippen molar-refractivity contribution >= 4 is 33.7 Å². The number of aromatic nitrogens is 2. The summed E-state index contributed by atoms with van der Waals surface area (Å²) in [6.07, 6.45) is 1.85. The van der Waals surface area contributed by atoms with Gasteiger partial charge in [-0.2, -0.15) is 5.10 Å². The van der Waals surface area contributed by atoms with Crippen LogP contribution in [0, 0.1) is 12.3 Å². The first kappa shape index (κ1) is 23.4. The van der Waals surface area contributed by atoms with Gasteiger partial charge in [-0.3, -0.25) is 9.48 Å². The second-order valence-electron chi connectivity index (χ2n) is 11.1. The molecule has 4 rings (SSSR count). The largest absolute Gasteiger partial charge is 0.444 e. The van der Waals surface area contributed by atoms with Gasteiger partial charge >= 0.3 is 6.09 Å². The number of halogens is 1. The van der Waals surface area contributed by atoms with Crippen molar-refractivity contribution in [2.24, 2.45) is 5.41 Å². The molecule has 178 valence electrons. The lowest BCUT2D eigenvalue weighted by atomic mass is 9.61. The molecule has 3 heterocycles. The monoisotopic (exact) mass is 509 g/mol. The maximum atomic E-state index is 12.3. The van der Waals surface area contributed by atoms with Crippen LogP contribution in [0.5, 0.6) is 0 Å². The van der Waals surface area contributed by atoms with E-state index in [4.69, 9.17) is 9.84 Å². The number of amides is 2. The summed E-state index contributed by atoms with van der Waals surface area (Å²) in [5.41, 5.74) is 0.887. The zero-order valence-electron chi connectivity index (χ0n) is 20.3. The van der Waals surface area contributed by atoms with E-state index in [-0.39, 0.29) is 29.5 Å². The minimum atomic E-state index is -0.457. The number of carbonyl (C=O) groups excluding carboxylic acids is 2. The van der Waals surface area contributed by atoms with Gasteiger partial charge in [0.05, 0.1) is 16.2 Å². The zero-order chi connectivity index (χ0) is 23.6. The summed E-state index contributed by atoms with van der Waals surface area (Å²) in [4.78, 5) is 30.2. The van der Waals surface area contributed by atoms with E-state index in [9.17, 15) is 9.59 Å². The van der Waals surface area contributed by atoms with Crippen molar-refractivity contribution in [2.75, 3.05) is 31.1 Å². The molecule has 2 atom stereocenters. The Bertz CT molecular complexity index is 897. The van der Waals surface area contributed by atoms with Gasteiger partial charge in [0.25, 0.3) is 0 Å². The maximum Gasteiger partial charge on any atom is 0.410 e. The molecule has 1 aliphatic carbocycles. The Morgan fingerprint density at radius 3 is 2.16 bits per heavy atom. The minimum Gasteiger partial charge on any atom is -0.444 e. The molecule has 0 radical (unpaired) electrons. The summed E-state index contributed by atoms with van der Waals surface area (Å²) in [6.45, 7) is 16.7. The molecule has 2 aliphatic heterocycles. The summed E-state index contributed by atoms with van der Waals surface area (Å²) in [7, 11) is 0. The Kier molecular flexibility index (Phi) is 5.79. The fourth-order valence-electron chi connectivity index (χ4n) is 5.59. The molecule has 1 aromatic heterocycles. The predicted octanol–water partition coefficient (Wildman–Crippen LogP) is 3.97. The number of hydrogen-bond acceptors (Lipinski definition) is 5. The van der Waals surface area contributed by atoms with Crippen LogP contribution in [0.1, 0.15) is 66.1 Å². The molecule has 0 aromatic carbocycles. The Morgan fingerprint density at radius 2 is 1.66 bits per heavy atom. The first-order valence-electron chi connectivity index (χ1n) is 11.6. The minimum absolute atomic E-state index is 0.129. The first-order chi connectivity index (χ1) is 14.8. The van der Waals surface area contributed by atoms with Crippen LogP contribution in [0.3, 0.4) is 0 Å². The summed E-state index contributed by atoms with van der Waals surface area (Å²) < 4.78 is 8.70. The van der Waals surface area contributed by atoms with E-state index in [1.54, 1.807) is 6.92 Å². The summed E-state index contributed by atoms with van der Waals surface area (Å²) in [6, 6.07) is 0.747. The van der Waals surface area contributed by atoms with Crippen molar-refractivity contribution in [1.82, 2.24) is 19.6 Å². The van der Waals surface area contributed by atoms with Crippen molar-refractivity contribution < 1.29 is 14.3 Å². The Labute approximate surface area is 199 Å². The molecule has 1 saturated carbocycles. The highest BCUT2D eigenvalue weighted by atomic mass is 79.9. The Balaban J connectivity index is 1.41. The van der Waals surface area contributed by atoms with Crippen LogP contribution in [-0.2, 0) is 9.53 Å². The first-order valence-corrected chi connectivity index (χ1v) is 12.4. The number of hydrogen-bond donors (Lipinski definition) is 0. The fraction of sp³-hybridized carbons (Fsp3) is 0.783. The van der Waals surface area contributed by atoms with Crippen molar-refractivity contribution in [2.45, 2.75) is 85.0 Å². The van der Waals surface area contributed by atoms with E-state index >= 15 is 0 Å². The van der Waals surface area contributed by atoms with Crippen molar-refractivity contribution in [1.29, 1.82) is 0 Å². The lowest BCUT2D eigenvalue weighted by Gasteiger charge is -2.58. The standard InChI is InChI=1S/C23H36BrN5O3/c1-14-10-26(17(4)30)11-15(2)28(14)20-19(24)16(3)29(25-20)18-8-23(9-18)12-27(13-23)21(31)32-22(5,6)7/h14-15,18H,8-13H2,1-7H3/t14-,15+. The van der Waals surface area contributed by atoms with Gasteiger partial charge in [0.15, 0.2) is 5.82 Å². The summed E-state index contributed by atoms with van der Waals surface area (Å²) in [5, 5.41) is 5.04. The lowest BCUT2D eigenvalue weighted by Crippen LogP contribution is -2.64. The van der Waals surface area contributed by atoms with Crippen LogP contribution in [-0.4, -0.2) is 75.4 Å². The van der Waals surface area contributed by atoms with Gasteiger partial charge in [-0.15, -0.1) is 0 Å². The van der Waals surface area contributed by atoms with Gasteiger partial charge in [0, 0.05) is 50.6 Å². The highest BCUT2D eigenvalue weighted by Crippen LogP contribution is 2.55. The fourth-order valence-corrected chi connectivity index (χ4v) is 6.06. The zero-order valence-corrected chi connectivity index (χ0v) is 21.9.